The minimum absolute atomic E-state index is 0.230. The van der Waals surface area contributed by atoms with E-state index < -0.39 is 10.0 Å². The molecule has 0 fully saturated rings. The van der Waals surface area contributed by atoms with Gasteiger partial charge in [-0.1, -0.05) is 30.3 Å². The number of nitrogens with one attached hydrogen (secondary N) is 1. The molecule has 0 saturated carbocycles. The van der Waals surface area contributed by atoms with Crippen molar-refractivity contribution in [3.63, 3.8) is 0 Å². The van der Waals surface area contributed by atoms with E-state index in [0.717, 1.165) is 5.56 Å². The van der Waals surface area contributed by atoms with Gasteiger partial charge in [0.1, 0.15) is 5.75 Å². The predicted octanol–water partition coefficient (Wildman–Crippen LogP) is 3.12. The summed E-state index contributed by atoms with van der Waals surface area (Å²) >= 11 is 0. The summed E-state index contributed by atoms with van der Waals surface area (Å²) < 4.78 is 32.6. The summed E-state index contributed by atoms with van der Waals surface area (Å²) in [4.78, 5) is 0.230. The fourth-order valence-electron chi connectivity index (χ4n) is 1.99. The van der Waals surface area contributed by atoms with Crippen molar-refractivity contribution in [1.29, 1.82) is 0 Å². The fraction of sp³-hybridized carbons (Fsp3) is 0.250. The standard InChI is InChI=1S/C16H19NO3S/c1-3-20-15-9-11-16(12-10-15)21(18,19)17-13(2)14-7-5-4-6-8-14/h4-13,17H,3H2,1-2H3/t13-/m0/s1. The second-order valence-electron chi connectivity index (χ2n) is 4.66. The monoisotopic (exact) mass is 305 g/mol. The van der Waals surface area contributed by atoms with Crippen LogP contribution >= 0.6 is 0 Å². The molecule has 2 aromatic rings. The van der Waals surface area contributed by atoms with Gasteiger partial charge < -0.3 is 4.74 Å². The molecule has 2 rings (SSSR count). The predicted molar refractivity (Wildman–Crippen MR) is 82.8 cm³/mol. The first-order valence-corrected chi connectivity index (χ1v) is 8.31. The second kappa shape index (κ2) is 6.74. The van der Waals surface area contributed by atoms with Gasteiger partial charge in [0.25, 0.3) is 0 Å². The Kier molecular flexibility index (Phi) is 4.98. The van der Waals surface area contributed by atoms with Crippen LogP contribution in [0.15, 0.2) is 59.5 Å². The first-order chi connectivity index (χ1) is 10.0. The number of sulfonamides is 1. The van der Waals surface area contributed by atoms with Gasteiger partial charge in [-0.15, -0.1) is 0 Å². The van der Waals surface area contributed by atoms with Crippen molar-refractivity contribution in [1.82, 2.24) is 4.72 Å². The Morgan fingerprint density at radius 3 is 2.24 bits per heavy atom. The molecule has 0 saturated heterocycles. The molecule has 0 aliphatic rings. The molecule has 0 radical (unpaired) electrons. The third kappa shape index (κ3) is 4.06. The van der Waals surface area contributed by atoms with Crippen LogP contribution in [0.5, 0.6) is 5.75 Å². The van der Waals surface area contributed by atoms with E-state index in [-0.39, 0.29) is 10.9 Å². The lowest BCUT2D eigenvalue weighted by atomic mass is 10.1. The van der Waals surface area contributed by atoms with Crippen LogP contribution in [0.25, 0.3) is 0 Å². The molecule has 0 bridgehead atoms. The molecule has 112 valence electrons. The van der Waals surface area contributed by atoms with Crippen molar-refractivity contribution in [2.45, 2.75) is 24.8 Å². The number of hydrogen-bond donors (Lipinski definition) is 1. The van der Waals surface area contributed by atoms with Gasteiger partial charge in [0.05, 0.1) is 11.5 Å². The molecule has 0 unspecified atom stereocenters. The van der Waals surface area contributed by atoms with E-state index in [1.54, 1.807) is 24.3 Å². The molecule has 1 N–H and O–H groups in total. The van der Waals surface area contributed by atoms with Gasteiger partial charge in [-0.25, -0.2) is 13.1 Å². The normalized spacial score (nSPS) is 12.9. The Labute approximate surface area is 125 Å². The van der Waals surface area contributed by atoms with Crippen molar-refractivity contribution in [2.75, 3.05) is 6.61 Å². The number of hydrogen-bond acceptors (Lipinski definition) is 3. The van der Waals surface area contributed by atoms with Crippen LogP contribution in [0.2, 0.25) is 0 Å². The maximum absolute atomic E-state index is 12.3. The smallest absolute Gasteiger partial charge is 0.241 e. The van der Waals surface area contributed by atoms with Crippen molar-refractivity contribution in [3.8, 4) is 5.75 Å². The highest BCUT2D eigenvalue weighted by Crippen LogP contribution is 2.19. The molecule has 0 aliphatic heterocycles. The minimum Gasteiger partial charge on any atom is -0.494 e. The van der Waals surface area contributed by atoms with Crippen LogP contribution < -0.4 is 9.46 Å². The zero-order chi connectivity index (χ0) is 15.3. The summed E-state index contributed by atoms with van der Waals surface area (Å²) in [6, 6.07) is 15.6. The van der Waals surface area contributed by atoms with E-state index in [1.165, 1.54) is 0 Å². The van der Waals surface area contributed by atoms with E-state index >= 15 is 0 Å². The van der Waals surface area contributed by atoms with Gasteiger partial charge in [0, 0.05) is 6.04 Å². The lowest BCUT2D eigenvalue weighted by Gasteiger charge is -2.15. The third-order valence-electron chi connectivity index (χ3n) is 3.08. The molecule has 5 heteroatoms. The highest BCUT2D eigenvalue weighted by molar-refractivity contribution is 7.89. The molecule has 0 amide bonds. The van der Waals surface area contributed by atoms with Crippen LogP contribution in [-0.2, 0) is 10.0 Å². The van der Waals surface area contributed by atoms with E-state index in [4.69, 9.17) is 4.74 Å². The maximum atomic E-state index is 12.3. The zero-order valence-corrected chi connectivity index (χ0v) is 12.9. The maximum Gasteiger partial charge on any atom is 0.241 e. The largest absolute Gasteiger partial charge is 0.494 e. The minimum atomic E-state index is -3.54. The lowest BCUT2D eigenvalue weighted by molar-refractivity contribution is 0.340. The van der Waals surface area contributed by atoms with Gasteiger partial charge >= 0.3 is 0 Å². The summed E-state index contributed by atoms with van der Waals surface area (Å²) in [6.45, 7) is 4.25. The average Bonchev–Trinajstić information content (AvgIpc) is 2.48. The van der Waals surface area contributed by atoms with Crippen molar-refractivity contribution in [3.05, 3.63) is 60.2 Å². The number of benzene rings is 2. The van der Waals surface area contributed by atoms with Gasteiger partial charge in [0.2, 0.25) is 10.0 Å². The van der Waals surface area contributed by atoms with Crippen LogP contribution in [0.4, 0.5) is 0 Å². The second-order valence-corrected chi connectivity index (χ2v) is 6.37. The van der Waals surface area contributed by atoms with E-state index in [2.05, 4.69) is 4.72 Å². The summed E-state index contributed by atoms with van der Waals surface area (Å²) in [7, 11) is -3.54. The van der Waals surface area contributed by atoms with Crippen molar-refractivity contribution in [2.24, 2.45) is 0 Å². The number of ether oxygens (including phenoxy) is 1. The van der Waals surface area contributed by atoms with Crippen molar-refractivity contribution >= 4 is 10.0 Å². The molecule has 2 aromatic carbocycles. The third-order valence-corrected chi connectivity index (χ3v) is 4.63. The van der Waals surface area contributed by atoms with Gasteiger partial charge in [0.15, 0.2) is 0 Å². The fourth-order valence-corrected chi connectivity index (χ4v) is 3.22. The summed E-state index contributed by atoms with van der Waals surface area (Å²) in [6.07, 6.45) is 0. The Hall–Kier alpha value is -1.85. The van der Waals surface area contributed by atoms with Gasteiger partial charge in [-0.2, -0.15) is 0 Å². The highest BCUT2D eigenvalue weighted by Gasteiger charge is 2.18. The molecule has 0 heterocycles. The average molecular weight is 305 g/mol. The van der Waals surface area contributed by atoms with Crippen molar-refractivity contribution < 1.29 is 13.2 Å². The summed E-state index contributed by atoms with van der Waals surface area (Å²) in [5.74, 6) is 0.660. The molecular weight excluding hydrogens is 286 g/mol. The molecule has 21 heavy (non-hydrogen) atoms. The molecule has 0 aromatic heterocycles. The molecular formula is C16H19NO3S. The first-order valence-electron chi connectivity index (χ1n) is 6.83. The SMILES string of the molecule is CCOc1ccc(S(=O)(=O)N[C@@H](C)c2ccccc2)cc1. The van der Waals surface area contributed by atoms with Crippen LogP contribution in [-0.4, -0.2) is 15.0 Å². The van der Waals surface area contributed by atoms with E-state index in [0.29, 0.717) is 12.4 Å². The topological polar surface area (TPSA) is 55.4 Å². The van der Waals surface area contributed by atoms with Gasteiger partial charge in [-0.05, 0) is 43.7 Å². The Bertz CT molecular complexity index is 666. The van der Waals surface area contributed by atoms with E-state index in [1.807, 2.05) is 44.2 Å². The zero-order valence-electron chi connectivity index (χ0n) is 12.1. The Morgan fingerprint density at radius 2 is 1.67 bits per heavy atom. The Morgan fingerprint density at radius 1 is 1.05 bits per heavy atom. The van der Waals surface area contributed by atoms with Crippen LogP contribution in [0.1, 0.15) is 25.5 Å². The molecule has 0 aliphatic carbocycles. The van der Waals surface area contributed by atoms with E-state index in [9.17, 15) is 8.42 Å². The molecule has 1 atom stereocenters. The first kappa shape index (κ1) is 15.5. The summed E-state index contributed by atoms with van der Waals surface area (Å²) in [5.41, 5.74) is 0.923. The molecule has 4 nitrogen and oxygen atoms in total. The van der Waals surface area contributed by atoms with Gasteiger partial charge in [-0.3, -0.25) is 0 Å². The highest BCUT2D eigenvalue weighted by atomic mass is 32.2. The Balaban J connectivity index is 2.14. The lowest BCUT2D eigenvalue weighted by Crippen LogP contribution is -2.26. The summed E-state index contributed by atoms with van der Waals surface area (Å²) in [5, 5.41) is 0. The number of rotatable bonds is 6. The van der Waals surface area contributed by atoms with Crippen LogP contribution in [0, 0.1) is 0 Å². The van der Waals surface area contributed by atoms with Crippen LogP contribution in [0.3, 0.4) is 0 Å². The quantitative estimate of drug-likeness (QED) is 0.892. The molecule has 0 spiro atoms.